The van der Waals surface area contributed by atoms with Gasteiger partial charge in [0.25, 0.3) is 0 Å². The van der Waals surface area contributed by atoms with Crippen LogP contribution in [0, 0.1) is 0 Å². The second-order valence-electron chi connectivity index (χ2n) is 4.11. The van der Waals surface area contributed by atoms with E-state index < -0.39 is 0 Å². The predicted molar refractivity (Wildman–Crippen MR) is 68.1 cm³/mol. The Labute approximate surface area is 107 Å². The smallest absolute Gasteiger partial charge is 0.410 e. The highest BCUT2D eigenvalue weighted by molar-refractivity contribution is 5.68. The van der Waals surface area contributed by atoms with Crippen LogP contribution in [-0.4, -0.2) is 36.8 Å². The zero-order valence-electron chi connectivity index (χ0n) is 10.2. The van der Waals surface area contributed by atoms with Crippen LogP contribution in [-0.2, 0) is 16.1 Å². The Morgan fingerprint density at radius 1 is 1.50 bits per heavy atom. The van der Waals surface area contributed by atoms with Crippen LogP contribution in [0.2, 0.25) is 0 Å². The Morgan fingerprint density at radius 2 is 2.28 bits per heavy atom. The molecule has 0 aromatic heterocycles. The number of amides is 1. The number of carbonyl (C=O) groups excluding carboxylic acids is 1. The molecular formula is C14H17NO3. The van der Waals surface area contributed by atoms with Crippen molar-refractivity contribution >= 4 is 6.09 Å². The first-order valence-electron chi connectivity index (χ1n) is 5.99. The normalized spacial score (nSPS) is 19.3. The first kappa shape index (κ1) is 12.6. The zero-order chi connectivity index (χ0) is 12.8. The maximum atomic E-state index is 11.9. The first-order valence-corrected chi connectivity index (χ1v) is 5.99. The molecular weight excluding hydrogens is 230 g/mol. The van der Waals surface area contributed by atoms with Crippen LogP contribution in [0.5, 0.6) is 0 Å². The third kappa shape index (κ3) is 3.11. The van der Waals surface area contributed by atoms with E-state index >= 15 is 0 Å². The Balaban J connectivity index is 1.89. The summed E-state index contributed by atoms with van der Waals surface area (Å²) in [6.07, 6.45) is 1.40. The quantitative estimate of drug-likeness (QED) is 0.769. The molecule has 0 N–H and O–H groups in total. The molecule has 0 bridgehead atoms. The lowest BCUT2D eigenvalue weighted by molar-refractivity contribution is 0.00359. The van der Waals surface area contributed by atoms with Gasteiger partial charge in [0.15, 0.2) is 0 Å². The summed E-state index contributed by atoms with van der Waals surface area (Å²) in [7, 11) is 0. The molecule has 2 rings (SSSR count). The van der Waals surface area contributed by atoms with Gasteiger partial charge in [-0.15, -0.1) is 6.58 Å². The van der Waals surface area contributed by atoms with Gasteiger partial charge in [-0.05, 0) is 5.56 Å². The number of nitrogens with zero attached hydrogens (tertiary/aromatic N) is 1. The molecule has 1 aliphatic rings. The van der Waals surface area contributed by atoms with Crippen molar-refractivity contribution < 1.29 is 14.3 Å². The fourth-order valence-electron chi connectivity index (χ4n) is 1.85. The molecule has 1 fully saturated rings. The van der Waals surface area contributed by atoms with Crippen LogP contribution in [0.25, 0.3) is 0 Å². The number of ether oxygens (including phenoxy) is 2. The fraction of sp³-hybridized carbons (Fsp3) is 0.357. The second kappa shape index (κ2) is 6.21. The molecule has 1 atom stereocenters. The van der Waals surface area contributed by atoms with Gasteiger partial charge >= 0.3 is 6.09 Å². The highest BCUT2D eigenvalue weighted by Crippen LogP contribution is 2.11. The van der Waals surface area contributed by atoms with E-state index in [1.165, 1.54) is 0 Å². The minimum absolute atomic E-state index is 0.0953. The Kier molecular flexibility index (Phi) is 4.36. The molecule has 1 heterocycles. The van der Waals surface area contributed by atoms with Crippen molar-refractivity contribution in [3.63, 3.8) is 0 Å². The van der Waals surface area contributed by atoms with Crippen molar-refractivity contribution in [2.24, 2.45) is 0 Å². The SMILES string of the molecule is C=CC1COCCN1C(=O)OCc1ccccc1. The lowest BCUT2D eigenvalue weighted by Gasteiger charge is -2.32. The fourth-order valence-corrected chi connectivity index (χ4v) is 1.85. The molecule has 4 nitrogen and oxygen atoms in total. The molecule has 0 radical (unpaired) electrons. The van der Waals surface area contributed by atoms with Crippen LogP contribution >= 0.6 is 0 Å². The minimum Gasteiger partial charge on any atom is -0.445 e. The first-order chi connectivity index (χ1) is 8.81. The molecule has 96 valence electrons. The van der Waals surface area contributed by atoms with E-state index in [1.807, 2.05) is 30.3 Å². The van der Waals surface area contributed by atoms with Crippen molar-refractivity contribution in [2.45, 2.75) is 12.6 Å². The van der Waals surface area contributed by atoms with Gasteiger partial charge in [0, 0.05) is 6.54 Å². The Bertz CT molecular complexity index is 405. The summed E-state index contributed by atoms with van der Waals surface area (Å²) in [5.74, 6) is 0. The predicted octanol–water partition coefficient (Wildman–Crippen LogP) is 2.21. The van der Waals surface area contributed by atoms with E-state index in [0.29, 0.717) is 26.4 Å². The van der Waals surface area contributed by atoms with E-state index in [9.17, 15) is 4.79 Å². The van der Waals surface area contributed by atoms with Crippen molar-refractivity contribution in [3.8, 4) is 0 Å². The van der Waals surface area contributed by atoms with Gasteiger partial charge in [-0.2, -0.15) is 0 Å². The second-order valence-corrected chi connectivity index (χ2v) is 4.11. The average molecular weight is 247 g/mol. The van der Waals surface area contributed by atoms with Crippen LogP contribution in [0.15, 0.2) is 43.0 Å². The maximum Gasteiger partial charge on any atom is 0.410 e. The average Bonchev–Trinajstić information content (AvgIpc) is 2.45. The molecule has 0 aliphatic carbocycles. The number of morpholine rings is 1. The monoisotopic (exact) mass is 247 g/mol. The minimum atomic E-state index is -0.313. The van der Waals surface area contributed by atoms with E-state index in [2.05, 4.69) is 6.58 Å². The lowest BCUT2D eigenvalue weighted by Crippen LogP contribution is -2.47. The number of rotatable bonds is 3. The number of hydrogen-bond donors (Lipinski definition) is 0. The van der Waals surface area contributed by atoms with Gasteiger partial charge < -0.3 is 9.47 Å². The molecule has 1 aromatic rings. The molecule has 18 heavy (non-hydrogen) atoms. The van der Waals surface area contributed by atoms with Gasteiger partial charge in [0.2, 0.25) is 0 Å². The summed E-state index contributed by atoms with van der Waals surface area (Å²) >= 11 is 0. The Morgan fingerprint density at radius 3 is 3.00 bits per heavy atom. The highest BCUT2D eigenvalue weighted by Gasteiger charge is 2.26. The summed E-state index contributed by atoms with van der Waals surface area (Å²) in [5, 5.41) is 0. The number of benzene rings is 1. The number of carbonyl (C=O) groups is 1. The van der Waals surface area contributed by atoms with Crippen LogP contribution in [0.1, 0.15) is 5.56 Å². The van der Waals surface area contributed by atoms with Gasteiger partial charge in [-0.3, -0.25) is 4.90 Å². The summed E-state index contributed by atoms with van der Waals surface area (Å²) in [5.41, 5.74) is 0.981. The topological polar surface area (TPSA) is 38.8 Å². The summed E-state index contributed by atoms with van der Waals surface area (Å²) in [6.45, 7) is 5.58. The van der Waals surface area contributed by atoms with Crippen molar-refractivity contribution in [2.75, 3.05) is 19.8 Å². The molecule has 1 aromatic carbocycles. The molecule has 1 unspecified atom stereocenters. The molecule has 1 saturated heterocycles. The largest absolute Gasteiger partial charge is 0.445 e. The zero-order valence-corrected chi connectivity index (χ0v) is 10.2. The van der Waals surface area contributed by atoms with Crippen molar-refractivity contribution in [3.05, 3.63) is 48.6 Å². The molecule has 1 amide bonds. The van der Waals surface area contributed by atoms with Crippen molar-refractivity contribution in [1.82, 2.24) is 4.90 Å². The van der Waals surface area contributed by atoms with E-state index in [1.54, 1.807) is 11.0 Å². The standard InChI is InChI=1S/C14H17NO3/c1-2-13-11-17-9-8-15(13)14(16)18-10-12-6-4-3-5-7-12/h2-7,13H,1,8-11H2. The molecule has 0 saturated carbocycles. The lowest BCUT2D eigenvalue weighted by atomic mass is 10.2. The third-order valence-corrected chi connectivity index (χ3v) is 2.88. The van der Waals surface area contributed by atoms with Gasteiger partial charge in [0.05, 0.1) is 19.3 Å². The summed E-state index contributed by atoms with van der Waals surface area (Å²) in [6, 6.07) is 9.53. The highest BCUT2D eigenvalue weighted by atomic mass is 16.6. The van der Waals surface area contributed by atoms with Gasteiger partial charge in [0.1, 0.15) is 6.61 Å². The summed E-state index contributed by atoms with van der Waals surface area (Å²) in [4.78, 5) is 13.6. The van der Waals surface area contributed by atoms with E-state index in [-0.39, 0.29) is 12.1 Å². The molecule has 0 spiro atoms. The Hall–Kier alpha value is -1.81. The number of hydrogen-bond acceptors (Lipinski definition) is 3. The van der Waals surface area contributed by atoms with Gasteiger partial charge in [-0.25, -0.2) is 4.79 Å². The third-order valence-electron chi connectivity index (χ3n) is 2.88. The van der Waals surface area contributed by atoms with Crippen LogP contribution in [0.3, 0.4) is 0 Å². The summed E-state index contributed by atoms with van der Waals surface area (Å²) < 4.78 is 10.6. The molecule has 4 heteroatoms. The van der Waals surface area contributed by atoms with Crippen LogP contribution < -0.4 is 0 Å². The van der Waals surface area contributed by atoms with Crippen molar-refractivity contribution in [1.29, 1.82) is 0 Å². The van der Waals surface area contributed by atoms with Gasteiger partial charge in [-0.1, -0.05) is 36.4 Å². The molecule has 1 aliphatic heterocycles. The van der Waals surface area contributed by atoms with E-state index in [0.717, 1.165) is 5.56 Å². The maximum absolute atomic E-state index is 11.9. The van der Waals surface area contributed by atoms with Crippen LogP contribution in [0.4, 0.5) is 4.79 Å². The van der Waals surface area contributed by atoms with E-state index in [4.69, 9.17) is 9.47 Å².